The van der Waals surface area contributed by atoms with E-state index in [0.717, 1.165) is 103 Å². The van der Waals surface area contributed by atoms with Gasteiger partial charge >= 0.3 is 17.9 Å². The highest BCUT2D eigenvalue weighted by atomic mass is 16.6. The SMILES string of the molecule is CC/C=C\C/C=C\C/C=C\C/C=C\C/C=C\CC(=O)OCC(COC(=O)CCCCCCCCCCCC/C=C\C/C=C\C/C=C\CCCCCCC)OC(=O)CCCCCCCCCC/C=C\C/C=C\C/C=C\CCCCCCC. The van der Waals surface area contributed by atoms with Crippen LogP contribution < -0.4 is 0 Å². The van der Waals surface area contributed by atoms with Crippen molar-refractivity contribution < 1.29 is 28.6 Å². The van der Waals surface area contributed by atoms with Crippen LogP contribution in [0.25, 0.3) is 0 Å². The molecule has 0 spiro atoms. The van der Waals surface area contributed by atoms with Crippen LogP contribution in [0, 0.1) is 0 Å². The van der Waals surface area contributed by atoms with E-state index in [1.54, 1.807) is 6.08 Å². The van der Waals surface area contributed by atoms with Gasteiger partial charge in [-0.3, -0.25) is 14.4 Å². The minimum absolute atomic E-state index is 0.116. The molecule has 0 aromatic heterocycles. The first kappa shape index (κ1) is 76.5. The third-order valence-electron chi connectivity index (χ3n) is 14.1. The van der Waals surface area contributed by atoms with Crippen molar-refractivity contribution in [3.8, 4) is 0 Å². The minimum Gasteiger partial charge on any atom is -0.462 e. The van der Waals surface area contributed by atoms with Gasteiger partial charge in [-0.1, -0.05) is 296 Å². The van der Waals surface area contributed by atoms with E-state index in [1.165, 1.54) is 161 Å². The summed E-state index contributed by atoms with van der Waals surface area (Å²) in [6.07, 6.45) is 96.3. The third-order valence-corrected chi connectivity index (χ3v) is 14.1. The zero-order valence-electron chi connectivity index (χ0n) is 52.8. The molecule has 6 nitrogen and oxygen atoms in total. The summed E-state index contributed by atoms with van der Waals surface area (Å²) in [6, 6.07) is 0. The number of unbranched alkanes of at least 4 members (excludes halogenated alkanes) is 28. The predicted octanol–water partition coefficient (Wildman–Crippen LogP) is 23.3. The van der Waals surface area contributed by atoms with Crippen molar-refractivity contribution in [1.82, 2.24) is 0 Å². The minimum atomic E-state index is -0.831. The summed E-state index contributed by atoms with van der Waals surface area (Å²) in [6.45, 7) is 6.42. The fourth-order valence-electron chi connectivity index (χ4n) is 9.12. The zero-order valence-corrected chi connectivity index (χ0v) is 52.8. The van der Waals surface area contributed by atoms with Crippen LogP contribution in [-0.4, -0.2) is 37.2 Å². The van der Waals surface area contributed by atoms with Crippen molar-refractivity contribution in [1.29, 1.82) is 0 Å². The van der Waals surface area contributed by atoms with Gasteiger partial charge < -0.3 is 14.2 Å². The molecule has 0 amide bonds. The van der Waals surface area contributed by atoms with E-state index in [1.807, 2.05) is 6.08 Å². The largest absolute Gasteiger partial charge is 0.462 e. The molecule has 0 heterocycles. The van der Waals surface area contributed by atoms with Gasteiger partial charge in [0.1, 0.15) is 13.2 Å². The van der Waals surface area contributed by atoms with Crippen molar-refractivity contribution in [2.24, 2.45) is 0 Å². The van der Waals surface area contributed by atoms with E-state index in [-0.39, 0.29) is 31.6 Å². The standard InChI is InChI=1S/C75H124O6/c1-4-7-10-13-16-19-22-25-28-30-32-34-36-37-39-40-42-44-47-50-53-56-59-62-65-68-74(77)80-71-72(70-79-73(76)67-64-61-58-55-52-49-46-27-24-21-18-15-12-9-6-3)81-75(78)69-66-63-60-57-54-51-48-45-43-41-38-35-33-31-29-26-23-20-17-14-11-8-5-2/h9,12,18,21-23,25-27,30-33,36-38,41,46,52,55,61,64,72H,4-8,10-11,13-17,19-20,24,28-29,34-35,39-40,42-45,47-51,53-54,56-60,62-63,65-71H2,1-3H3/b12-9-,21-18-,25-22-,26-23-,32-30-,33-31-,37-36-,41-38-,46-27-,55-52-,64-61-. The third kappa shape index (κ3) is 66.2. The second-order valence-corrected chi connectivity index (χ2v) is 22.0. The molecule has 0 fully saturated rings. The lowest BCUT2D eigenvalue weighted by atomic mass is 10.1. The van der Waals surface area contributed by atoms with Crippen molar-refractivity contribution >= 4 is 17.9 Å². The summed E-state index contributed by atoms with van der Waals surface area (Å²) in [7, 11) is 0. The summed E-state index contributed by atoms with van der Waals surface area (Å²) in [5.41, 5.74) is 0. The Morgan fingerprint density at radius 3 is 0.864 bits per heavy atom. The molecule has 0 radical (unpaired) electrons. The van der Waals surface area contributed by atoms with E-state index in [2.05, 4.69) is 142 Å². The van der Waals surface area contributed by atoms with Crippen LogP contribution >= 0.6 is 0 Å². The fourth-order valence-corrected chi connectivity index (χ4v) is 9.12. The Morgan fingerprint density at radius 1 is 0.272 bits per heavy atom. The van der Waals surface area contributed by atoms with E-state index in [9.17, 15) is 14.4 Å². The van der Waals surface area contributed by atoms with Crippen molar-refractivity contribution in [2.45, 2.75) is 309 Å². The average Bonchev–Trinajstić information content (AvgIpc) is 3.47. The molecule has 0 rings (SSSR count). The van der Waals surface area contributed by atoms with E-state index >= 15 is 0 Å². The molecule has 0 saturated carbocycles. The molecule has 0 aliphatic rings. The molecule has 0 aliphatic heterocycles. The first-order chi connectivity index (χ1) is 40.0. The number of allylic oxidation sites excluding steroid dienone is 21. The highest BCUT2D eigenvalue weighted by molar-refractivity contribution is 5.72. The second kappa shape index (κ2) is 68.1. The summed E-state index contributed by atoms with van der Waals surface area (Å²) in [5, 5.41) is 0. The van der Waals surface area contributed by atoms with Gasteiger partial charge in [-0.25, -0.2) is 0 Å². The molecule has 1 atom stereocenters. The molecule has 1 unspecified atom stereocenters. The number of carbonyl (C=O) groups excluding carboxylic acids is 3. The van der Waals surface area contributed by atoms with Crippen LogP contribution in [0.5, 0.6) is 0 Å². The lowest BCUT2D eigenvalue weighted by Gasteiger charge is -2.18. The zero-order chi connectivity index (χ0) is 58.5. The Kier molecular flexibility index (Phi) is 64.3. The molecule has 0 saturated heterocycles. The topological polar surface area (TPSA) is 78.9 Å². The maximum absolute atomic E-state index is 12.9. The van der Waals surface area contributed by atoms with E-state index in [0.29, 0.717) is 12.8 Å². The fraction of sp³-hybridized carbons (Fsp3) is 0.667. The number of hydrogen-bond acceptors (Lipinski definition) is 6. The molecule has 0 aromatic rings. The maximum atomic E-state index is 12.9. The van der Waals surface area contributed by atoms with Crippen LogP contribution in [0.4, 0.5) is 0 Å². The van der Waals surface area contributed by atoms with Crippen LogP contribution in [0.2, 0.25) is 0 Å². The predicted molar refractivity (Wildman–Crippen MR) is 353 cm³/mol. The van der Waals surface area contributed by atoms with Gasteiger partial charge in [-0.15, -0.1) is 0 Å². The van der Waals surface area contributed by atoms with E-state index < -0.39 is 12.1 Å². The molecule has 6 heteroatoms. The monoisotopic (exact) mass is 1120 g/mol. The first-order valence-corrected chi connectivity index (χ1v) is 33.7. The quantitative estimate of drug-likeness (QED) is 0.0261. The maximum Gasteiger partial charge on any atom is 0.309 e. The molecular formula is C75H124O6. The first-order valence-electron chi connectivity index (χ1n) is 33.7. The van der Waals surface area contributed by atoms with Gasteiger partial charge in [0.15, 0.2) is 6.10 Å². The Bertz CT molecular complexity index is 1720. The Balaban J connectivity index is 4.44. The Hall–Kier alpha value is -4.45. The summed E-state index contributed by atoms with van der Waals surface area (Å²) in [4.78, 5) is 38.3. The number of rotatable bonds is 60. The number of ether oxygens (including phenoxy) is 3. The van der Waals surface area contributed by atoms with Crippen LogP contribution in [0.3, 0.4) is 0 Å². The highest BCUT2D eigenvalue weighted by Gasteiger charge is 2.19. The second-order valence-electron chi connectivity index (χ2n) is 22.0. The smallest absolute Gasteiger partial charge is 0.309 e. The van der Waals surface area contributed by atoms with Gasteiger partial charge in [0, 0.05) is 12.8 Å². The number of carbonyl (C=O) groups is 3. The van der Waals surface area contributed by atoms with E-state index in [4.69, 9.17) is 14.2 Å². The molecule has 0 bridgehead atoms. The molecule has 0 aliphatic carbocycles. The highest BCUT2D eigenvalue weighted by Crippen LogP contribution is 2.15. The Morgan fingerprint density at radius 2 is 0.531 bits per heavy atom. The van der Waals surface area contributed by atoms with Crippen LogP contribution in [-0.2, 0) is 28.6 Å². The van der Waals surface area contributed by atoms with Crippen LogP contribution in [0.15, 0.2) is 134 Å². The van der Waals surface area contributed by atoms with Gasteiger partial charge in [-0.2, -0.15) is 0 Å². The summed E-state index contributed by atoms with van der Waals surface area (Å²) < 4.78 is 16.8. The van der Waals surface area contributed by atoms with Crippen molar-refractivity contribution in [2.75, 3.05) is 13.2 Å². The number of hydrogen-bond donors (Lipinski definition) is 0. The lowest BCUT2D eigenvalue weighted by molar-refractivity contribution is -0.166. The van der Waals surface area contributed by atoms with Gasteiger partial charge in [-0.05, 0) is 122 Å². The van der Waals surface area contributed by atoms with Crippen molar-refractivity contribution in [3.63, 3.8) is 0 Å². The average molecular weight is 1120 g/mol. The van der Waals surface area contributed by atoms with Gasteiger partial charge in [0.05, 0.1) is 6.42 Å². The molecule has 0 N–H and O–H groups in total. The van der Waals surface area contributed by atoms with Gasteiger partial charge in [0.2, 0.25) is 0 Å². The molecule has 460 valence electrons. The molecule has 0 aromatic carbocycles. The normalized spacial score (nSPS) is 13.0. The molecular weight excluding hydrogens is 997 g/mol. The van der Waals surface area contributed by atoms with Gasteiger partial charge in [0.25, 0.3) is 0 Å². The number of esters is 3. The van der Waals surface area contributed by atoms with Crippen molar-refractivity contribution in [3.05, 3.63) is 134 Å². The van der Waals surface area contributed by atoms with Crippen LogP contribution in [0.1, 0.15) is 303 Å². The molecule has 81 heavy (non-hydrogen) atoms. The lowest BCUT2D eigenvalue weighted by Crippen LogP contribution is -2.30. The Labute approximate surface area is 500 Å². The summed E-state index contributed by atoms with van der Waals surface area (Å²) in [5.74, 6) is -1.06. The summed E-state index contributed by atoms with van der Waals surface area (Å²) >= 11 is 0.